The van der Waals surface area contributed by atoms with Crippen LogP contribution < -0.4 is 0 Å². The van der Waals surface area contributed by atoms with Crippen molar-refractivity contribution in [3.63, 3.8) is 0 Å². The van der Waals surface area contributed by atoms with Gasteiger partial charge in [0.05, 0.1) is 12.3 Å². The molecule has 1 atom stereocenters. The number of rotatable bonds is 7. The Morgan fingerprint density at radius 1 is 1.09 bits per heavy atom. The summed E-state index contributed by atoms with van der Waals surface area (Å²) in [6.45, 7) is 7.40. The number of benzene rings is 1. The highest BCUT2D eigenvalue weighted by Crippen LogP contribution is 2.21. The SMILES string of the molecule is CCC(CO)N(Cc1ccccc1C)Cc1nc(C)ccc1O. The largest absolute Gasteiger partial charge is 0.506 e. The second kappa shape index (κ2) is 8.09. The van der Waals surface area contributed by atoms with Gasteiger partial charge in [0.2, 0.25) is 0 Å². The standard InChI is InChI=1S/C19H26N2O2/c1-4-17(13-22)21(11-16-8-6-5-7-14(16)2)12-18-19(23)10-9-15(3)20-18/h5-10,17,22-23H,4,11-13H2,1-3H3. The Kier molecular flexibility index (Phi) is 6.13. The van der Waals surface area contributed by atoms with Crippen LogP contribution in [0.1, 0.15) is 35.9 Å². The maximum Gasteiger partial charge on any atom is 0.138 e. The molecule has 0 aliphatic carbocycles. The number of aliphatic hydroxyl groups excluding tert-OH is 1. The lowest BCUT2D eigenvalue weighted by molar-refractivity contribution is 0.104. The fourth-order valence-electron chi connectivity index (χ4n) is 2.74. The first-order valence-electron chi connectivity index (χ1n) is 8.10. The van der Waals surface area contributed by atoms with Crippen LogP contribution in [-0.4, -0.2) is 32.7 Å². The molecule has 0 bridgehead atoms. The molecule has 0 spiro atoms. The number of aryl methyl sites for hydroxylation is 2. The van der Waals surface area contributed by atoms with E-state index in [1.807, 2.05) is 19.1 Å². The van der Waals surface area contributed by atoms with Crippen molar-refractivity contribution >= 4 is 0 Å². The van der Waals surface area contributed by atoms with Gasteiger partial charge < -0.3 is 10.2 Å². The van der Waals surface area contributed by atoms with Crippen LogP contribution in [0.5, 0.6) is 5.75 Å². The molecule has 0 fully saturated rings. The minimum atomic E-state index is 0.0383. The molecule has 2 aromatic rings. The van der Waals surface area contributed by atoms with Gasteiger partial charge in [-0.2, -0.15) is 0 Å². The van der Waals surface area contributed by atoms with Crippen LogP contribution in [-0.2, 0) is 13.1 Å². The van der Waals surface area contributed by atoms with Gasteiger partial charge in [0, 0.05) is 24.8 Å². The molecule has 4 nitrogen and oxygen atoms in total. The van der Waals surface area contributed by atoms with Gasteiger partial charge in [0.15, 0.2) is 0 Å². The minimum absolute atomic E-state index is 0.0383. The smallest absolute Gasteiger partial charge is 0.138 e. The predicted octanol–water partition coefficient (Wildman–Crippen LogP) is 3.18. The summed E-state index contributed by atoms with van der Waals surface area (Å²) in [6, 6.07) is 11.8. The monoisotopic (exact) mass is 314 g/mol. The molecule has 124 valence electrons. The van der Waals surface area contributed by atoms with Gasteiger partial charge in [-0.25, -0.2) is 0 Å². The van der Waals surface area contributed by atoms with Crippen LogP contribution in [0.15, 0.2) is 36.4 Å². The van der Waals surface area contributed by atoms with Crippen LogP contribution >= 0.6 is 0 Å². The van der Waals surface area contributed by atoms with Crippen molar-refractivity contribution in [2.45, 2.75) is 46.3 Å². The highest BCUT2D eigenvalue weighted by Gasteiger charge is 2.19. The minimum Gasteiger partial charge on any atom is -0.506 e. The second-order valence-corrected chi connectivity index (χ2v) is 5.99. The molecule has 0 aliphatic heterocycles. The molecule has 1 aromatic carbocycles. The molecular formula is C19H26N2O2. The number of pyridine rings is 1. The third-order valence-electron chi connectivity index (χ3n) is 4.28. The van der Waals surface area contributed by atoms with Gasteiger partial charge in [-0.3, -0.25) is 9.88 Å². The number of aromatic nitrogens is 1. The van der Waals surface area contributed by atoms with Crippen LogP contribution in [0, 0.1) is 13.8 Å². The fourth-order valence-corrected chi connectivity index (χ4v) is 2.74. The van der Waals surface area contributed by atoms with Gasteiger partial charge in [0.25, 0.3) is 0 Å². The summed E-state index contributed by atoms with van der Waals surface area (Å²) in [5, 5.41) is 19.8. The Bertz CT molecular complexity index is 639. The molecule has 0 saturated heterocycles. The molecule has 4 heteroatoms. The van der Waals surface area contributed by atoms with Crippen molar-refractivity contribution in [3.05, 3.63) is 58.9 Å². The van der Waals surface area contributed by atoms with Crippen molar-refractivity contribution in [2.24, 2.45) is 0 Å². The summed E-state index contributed by atoms with van der Waals surface area (Å²) in [5.74, 6) is 0.207. The molecule has 2 N–H and O–H groups in total. The maximum absolute atomic E-state index is 10.1. The lowest BCUT2D eigenvalue weighted by Crippen LogP contribution is -2.37. The molecule has 0 saturated carbocycles. The molecule has 0 radical (unpaired) electrons. The van der Waals surface area contributed by atoms with E-state index in [9.17, 15) is 10.2 Å². The van der Waals surface area contributed by atoms with E-state index < -0.39 is 0 Å². The number of hydrogen-bond donors (Lipinski definition) is 2. The van der Waals surface area contributed by atoms with Crippen molar-refractivity contribution in [2.75, 3.05) is 6.61 Å². The first kappa shape index (κ1) is 17.4. The maximum atomic E-state index is 10.1. The third kappa shape index (κ3) is 4.53. The summed E-state index contributed by atoms with van der Waals surface area (Å²) in [6.07, 6.45) is 0.842. The van der Waals surface area contributed by atoms with Crippen LogP contribution in [0.25, 0.3) is 0 Å². The van der Waals surface area contributed by atoms with Crippen molar-refractivity contribution in [3.8, 4) is 5.75 Å². The van der Waals surface area contributed by atoms with Gasteiger partial charge >= 0.3 is 0 Å². The fraction of sp³-hybridized carbons (Fsp3) is 0.421. The third-order valence-corrected chi connectivity index (χ3v) is 4.28. The van der Waals surface area contributed by atoms with Crippen molar-refractivity contribution in [1.29, 1.82) is 0 Å². The lowest BCUT2D eigenvalue weighted by Gasteiger charge is -2.30. The average molecular weight is 314 g/mol. The first-order valence-corrected chi connectivity index (χ1v) is 8.10. The highest BCUT2D eigenvalue weighted by atomic mass is 16.3. The Balaban J connectivity index is 2.27. The second-order valence-electron chi connectivity index (χ2n) is 5.99. The average Bonchev–Trinajstić information content (AvgIpc) is 2.54. The normalized spacial score (nSPS) is 12.6. The van der Waals surface area contributed by atoms with Crippen LogP contribution in [0.4, 0.5) is 0 Å². The Morgan fingerprint density at radius 2 is 1.83 bits per heavy atom. The molecule has 2 rings (SSSR count). The zero-order valence-corrected chi connectivity index (χ0v) is 14.2. The summed E-state index contributed by atoms with van der Waals surface area (Å²) in [4.78, 5) is 6.64. The van der Waals surface area contributed by atoms with E-state index >= 15 is 0 Å². The Hall–Kier alpha value is -1.91. The molecule has 0 amide bonds. The van der Waals surface area contributed by atoms with Crippen molar-refractivity contribution < 1.29 is 10.2 Å². The predicted molar refractivity (Wildman–Crippen MR) is 92.2 cm³/mol. The first-order chi connectivity index (χ1) is 11.0. The number of hydrogen-bond acceptors (Lipinski definition) is 4. The molecule has 1 unspecified atom stereocenters. The summed E-state index contributed by atoms with van der Waals surface area (Å²) in [7, 11) is 0. The summed E-state index contributed by atoms with van der Waals surface area (Å²) in [5.41, 5.74) is 3.99. The zero-order valence-electron chi connectivity index (χ0n) is 14.2. The van der Waals surface area contributed by atoms with Gasteiger partial charge in [-0.1, -0.05) is 31.2 Å². The number of aromatic hydroxyl groups is 1. The van der Waals surface area contributed by atoms with E-state index in [0.29, 0.717) is 12.2 Å². The lowest BCUT2D eigenvalue weighted by atomic mass is 10.1. The number of aliphatic hydroxyl groups is 1. The summed E-state index contributed by atoms with van der Waals surface area (Å²) < 4.78 is 0. The van der Waals surface area contributed by atoms with Crippen LogP contribution in [0.3, 0.4) is 0 Å². The van der Waals surface area contributed by atoms with Crippen molar-refractivity contribution in [1.82, 2.24) is 9.88 Å². The Morgan fingerprint density at radius 3 is 2.48 bits per heavy atom. The van der Waals surface area contributed by atoms with E-state index in [1.54, 1.807) is 12.1 Å². The van der Waals surface area contributed by atoms with E-state index in [2.05, 4.69) is 35.9 Å². The van der Waals surface area contributed by atoms with E-state index in [1.165, 1.54) is 11.1 Å². The molecule has 23 heavy (non-hydrogen) atoms. The molecule has 1 aromatic heterocycles. The van der Waals surface area contributed by atoms with Gasteiger partial charge in [0.1, 0.15) is 5.75 Å². The number of nitrogens with zero attached hydrogens (tertiary/aromatic N) is 2. The van der Waals surface area contributed by atoms with Crippen LogP contribution in [0.2, 0.25) is 0 Å². The van der Waals surface area contributed by atoms with E-state index in [0.717, 1.165) is 18.7 Å². The molecule has 1 heterocycles. The zero-order chi connectivity index (χ0) is 16.8. The molecule has 0 aliphatic rings. The van der Waals surface area contributed by atoms with Gasteiger partial charge in [-0.05, 0) is 43.5 Å². The van der Waals surface area contributed by atoms with Gasteiger partial charge in [-0.15, -0.1) is 0 Å². The van der Waals surface area contributed by atoms with E-state index in [-0.39, 0.29) is 18.4 Å². The highest BCUT2D eigenvalue weighted by molar-refractivity contribution is 5.28. The topological polar surface area (TPSA) is 56.6 Å². The quantitative estimate of drug-likeness (QED) is 0.824. The Labute approximate surface area is 138 Å². The molecular weight excluding hydrogens is 288 g/mol. The summed E-state index contributed by atoms with van der Waals surface area (Å²) >= 11 is 0. The van der Waals surface area contributed by atoms with E-state index in [4.69, 9.17) is 0 Å².